The maximum Gasteiger partial charge on any atom is 0.224 e. The summed E-state index contributed by atoms with van der Waals surface area (Å²) in [7, 11) is 1.65. The van der Waals surface area contributed by atoms with E-state index in [0.717, 1.165) is 35.5 Å². The van der Waals surface area contributed by atoms with Crippen molar-refractivity contribution in [3.05, 3.63) is 83.9 Å². The average Bonchev–Trinajstić information content (AvgIpc) is 2.91. The molecule has 1 heterocycles. The molecule has 1 N–H and O–H groups in total. The van der Waals surface area contributed by atoms with Gasteiger partial charge in [0, 0.05) is 19.6 Å². The molecule has 0 unspecified atom stereocenters. The van der Waals surface area contributed by atoms with Gasteiger partial charge in [0.2, 0.25) is 5.91 Å². The highest BCUT2D eigenvalue weighted by Crippen LogP contribution is 2.32. The molecule has 3 aromatic rings. The van der Waals surface area contributed by atoms with E-state index in [4.69, 9.17) is 14.2 Å². The Morgan fingerprint density at radius 3 is 2.37 bits per heavy atom. The molecular weight excluding hydrogens is 440 g/mol. The molecule has 3 aromatic carbocycles. The number of amides is 1. The second kappa shape index (κ2) is 12.4. The Hall–Kier alpha value is -3.35. The monoisotopic (exact) mass is 474 g/mol. The highest BCUT2D eigenvalue weighted by atomic mass is 16.5. The standard InChI is InChI=1S/C29H34N2O4/c1-3-35-27-14-13-25(20-28(27)33-2)26(31-15-17-34-18-16-31)21-30-29(32)19-22-9-11-24(12-10-22)23-7-5-4-6-8-23/h4-14,20,26H,3,15-19,21H2,1-2H3,(H,30,32)/t26-/m1/s1. The van der Waals surface area contributed by atoms with Gasteiger partial charge in [0.05, 0.1) is 39.4 Å². The molecule has 0 radical (unpaired) electrons. The van der Waals surface area contributed by atoms with Crippen LogP contribution >= 0.6 is 0 Å². The van der Waals surface area contributed by atoms with E-state index in [1.807, 2.05) is 49.4 Å². The van der Waals surface area contributed by atoms with Gasteiger partial charge >= 0.3 is 0 Å². The summed E-state index contributed by atoms with van der Waals surface area (Å²) in [6.45, 7) is 6.05. The third-order valence-corrected chi connectivity index (χ3v) is 6.28. The first kappa shape index (κ1) is 24.8. The van der Waals surface area contributed by atoms with Crippen molar-refractivity contribution >= 4 is 5.91 Å². The minimum Gasteiger partial charge on any atom is -0.493 e. The third kappa shape index (κ3) is 6.62. The first-order valence-corrected chi connectivity index (χ1v) is 12.2. The number of hydrogen-bond donors (Lipinski definition) is 1. The van der Waals surface area contributed by atoms with Gasteiger partial charge in [0.25, 0.3) is 0 Å². The molecule has 1 saturated heterocycles. The SMILES string of the molecule is CCOc1ccc([C@@H](CNC(=O)Cc2ccc(-c3ccccc3)cc2)N2CCOCC2)cc1OC. The highest BCUT2D eigenvalue weighted by Gasteiger charge is 2.24. The van der Waals surface area contributed by atoms with E-state index in [1.165, 1.54) is 5.56 Å². The van der Waals surface area contributed by atoms with Crippen LogP contribution in [0.3, 0.4) is 0 Å². The topological polar surface area (TPSA) is 60.0 Å². The largest absolute Gasteiger partial charge is 0.493 e. The van der Waals surface area contributed by atoms with Crippen LogP contribution in [0.1, 0.15) is 24.1 Å². The molecule has 1 aliphatic rings. The number of rotatable bonds is 10. The lowest BCUT2D eigenvalue weighted by molar-refractivity contribution is -0.120. The van der Waals surface area contributed by atoms with Gasteiger partial charge in [0.15, 0.2) is 11.5 Å². The summed E-state index contributed by atoms with van der Waals surface area (Å²) in [6.07, 6.45) is 0.345. The number of ether oxygens (including phenoxy) is 3. The zero-order valence-corrected chi connectivity index (χ0v) is 20.5. The number of carbonyl (C=O) groups is 1. The van der Waals surface area contributed by atoms with Gasteiger partial charge in [-0.1, -0.05) is 60.7 Å². The van der Waals surface area contributed by atoms with E-state index in [9.17, 15) is 4.79 Å². The first-order valence-electron chi connectivity index (χ1n) is 12.2. The van der Waals surface area contributed by atoms with Crippen LogP contribution < -0.4 is 14.8 Å². The lowest BCUT2D eigenvalue weighted by Gasteiger charge is -2.35. The molecule has 6 nitrogen and oxygen atoms in total. The summed E-state index contributed by atoms with van der Waals surface area (Å²) in [5.74, 6) is 1.43. The van der Waals surface area contributed by atoms with E-state index in [1.54, 1.807) is 7.11 Å². The van der Waals surface area contributed by atoms with Gasteiger partial charge in [-0.05, 0) is 41.3 Å². The minimum absolute atomic E-state index is 0.00798. The Morgan fingerprint density at radius 2 is 1.69 bits per heavy atom. The quantitative estimate of drug-likeness (QED) is 0.469. The fourth-order valence-corrected chi connectivity index (χ4v) is 4.42. The molecule has 184 valence electrons. The number of methoxy groups -OCH3 is 1. The number of hydrogen-bond acceptors (Lipinski definition) is 5. The van der Waals surface area contributed by atoms with E-state index in [-0.39, 0.29) is 11.9 Å². The second-order valence-electron chi connectivity index (χ2n) is 8.55. The molecule has 0 bridgehead atoms. The van der Waals surface area contributed by atoms with Crippen molar-refractivity contribution in [3.8, 4) is 22.6 Å². The lowest BCUT2D eigenvalue weighted by Crippen LogP contribution is -2.44. The summed E-state index contributed by atoms with van der Waals surface area (Å²) < 4.78 is 16.8. The molecule has 1 atom stereocenters. The maximum atomic E-state index is 12.8. The average molecular weight is 475 g/mol. The van der Waals surface area contributed by atoms with E-state index in [2.05, 4.69) is 40.5 Å². The fraction of sp³-hybridized carbons (Fsp3) is 0.345. The van der Waals surface area contributed by atoms with Gasteiger partial charge < -0.3 is 19.5 Å². The molecule has 0 aliphatic carbocycles. The molecule has 0 saturated carbocycles. The molecule has 1 fully saturated rings. The van der Waals surface area contributed by atoms with Crippen LogP contribution in [0, 0.1) is 0 Å². The third-order valence-electron chi connectivity index (χ3n) is 6.28. The number of morpholine rings is 1. The molecular formula is C29H34N2O4. The van der Waals surface area contributed by atoms with Crippen LogP contribution in [0.5, 0.6) is 11.5 Å². The van der Waals surface area contributed by atoms with Crippen LogP contribution in [0.25, 0.3) is 11.1 Å². The van der Waals surface area contributed by atoms with Gasteiger partial charge in [-0.25, -0.2) is 0 Å². The summed E-state index contributed by atoms with van der Waals surface area (Å²) >= 11 is 0. The Labute approximate surface area is 207 Å². The first-order chi connectivity index (χ1) is 17.2. The summed E-state index contributed by atoms with van der Waals surface area (Å²) in [6, 6.07) is 24.5. The predicted octanol–water partition coefficient (Wildman–Crippen LogP) is 4.49. The Kier molecular flexibility index (Phi) is 8.76. The maximum absolute atomic E-state index is 12.8. The van der Waals surface area contributed by atoms with Crippen molar-refractivity contribution in [2.24, 2.45) is 0 Å². The molecule has 0 spiro atoms. The minimum atomic E-state index is 0.00798. The highest BCUT2D eigenvalue weighted by molar-refractivity contribution is 5.79. The van der Waals surface area contributed by atoms with Crippen molar-refractivity contribution in [1.29, 1.82) is 0 Å². The molecule has 1 amide bonds. The molecule has 6 heteroatoms. The molecule has 4 rings (SSSR count). The number of benzene rings is 3. The van der Waals surface area contributed by atoms with E-state index in [0.29, 0.717) is 38.5 Å². The van der Waals surface area contributed by atoms with Gasteiger partial charge in [-0.3, -0.25) is 9.69 Å². The second-order valence-corrected chi connectivity index (χ2v) is 8.55. The fourth-order valence-electron chi connectivity index (χ4n) is 4.42. The van der Waals surface area contributed by atoms with Gasteiger partial charge in [-0.15, -0.1) is 0 Å². The van der Waals surface area contributed by atoms with Crippen molar-refractivity contribution in [3.63, 3.8) is 0 Å². The summed E-state index contributed by atoms with van der Waals surface area (Å²) in [4.78, 5) is 15.2. The number of nitrogens with zero attached hydrogens (tertiary/aromatic N) is 1. The van der Waals surface area contributed by atoms with Crippen LogP contribution in [0.15, 0.2) is 72.8 Å². The van der Waals surface area contributed by atoms with E-state index < -0.39 is 0 Å². The van der Waals surface area contributed by atoms with Crippen molar-refractivity contribution < 1.29 is 19.0 Å². The predicted molar refractivity (Wildman–Crippen MR) is 138 cm³/mol. The van der Waals surface area contributed by atoms with Crippen molar-refractivity contribution in [2.45, 2.75) is 19.4 Å². The molecule has 35 heavy (non-hydrogen) atoms. The Bertz CT molecular complexity index is 1080. The summed E-state index contributed by atoms with van der Waals surface area (Å²) in [5, 5.41) is 3.16. The van der Waals surface area contributed by atoms with Gasteiger partial charge in [0.1, 0.15) is 0 Å². The number of carbonyl (C=O) groups excluding carboxylic acids is 1. The normalized spacial score (nSPS) is 14.8. The smallest absolute Gasteiger partial charge is 0.224 e. The van der Waals surface area contributed by atoms with Gasteiger partial charge in [-0.2, -0.15) is 0 Å². The van der Waals surface area contributed by atoms with E-state index >= 15 is 0 Å². The van der Waals surface area contributed by atoms with Crippen LogP contribution in [0.4, 0.5) is 0 Å². The van der Waals surface area contributed by atoms with Crippen LogP contribution in [-0.4, -0.2) is 57.4 Å². The van der Waals surface area contributed by atoms with Crippen molar-refractivity contribution in [2.75, 3.05) is 46.6 Å². The molecule has 0 aromatic heterocycles. The van der Waals surface area contributed by atoms with Crippen LogP contribution in [0.2, 0.25) is 0 Å². The summed E-state index contributed by atoms with van der Waals surface area (Å²) in [5.41, 5.74) is 4.39. The zero-order valence-electron chi connectivity index (χ0n) is 20.5. The Balaban J connectivity index is 1.42. The van der Waals surface area contributed by atoms with Crippen LogP contribution in [-0.2, 0) is 16.0 Å². The lowest BCUT2D eigenvalue weighted by atomic mass is 10.0. The Morgan fingerprint density at radius 1 is 0.971 bits per heavy atom. The zero-order chi connectivity index (χ0) is 24.5. The number of nitrogens with one attached hydrogen (secondary N) is 1. The molecule has 1 aliphatic heterocycles. The van der Waals surface area contributed by atoms with Crippen molar-refractivity contribution in [1.82, 2.24) is 10.2 Å².